The molecule has 0 bridgehead atoms. The van der Waals surface area contributed by atoms with Crippen LogP contribution in [0, 0.1) is 5.92 Å². The first kappa shape index (κ1) is 12.2. The second kappa shape index (κ2) is 5.88. The summed E-state index contributed by atoms with van der Waals surface area (Å²) >= 11 is 8.77. The summed E-state index contributed by atoms with van der Waals surface area (Å²) in [6, 6.07) is 9.53. The highest BCUT2D eigenvalue weighted by Crippen LogP contribution is 2.14. The Morgan fingerprint density at radius 1 is 1.40 bits per heavy atom. The van der Waals surface area contributed by atoms with Gasteiger partial charge in [0.2, 0.25) is 0 Å². The van der Waals surface area contributed by atoms with Gasteiger partial charge in [0, 0.05) is 10.6 Å². The molecule has 0 heterocycles. The van der Waals surface area contributed by atoms with Gasteiger partial charge in [0.25, 0.3) is 0 Å². The lowest BCUT2D eigenvalue weighted by atomic mass is 9.97. The summed E-state index contributed by atoms with van der Waals surface area (Å²) in [4.78, 5) is 10.9. The van der Waals surface area contributed by atoms with Gasteiger partial charge in [-0.1, -0.05) is 42.5 Å². The third-order valence-electron chi connectivity index (χ3n) is 2.10. The zero-order valence-corrected chi connectivity index (χ0v) is 9.80. The Labute approximate surface area is 99.7 Å². The quantitative estimate of drug-likeness (QED) is 0.613. The van der Waals surface area contributed by atoms with E-state index in [-0.39, 0.29) is 0 Å². The summed E-state index contributed by atoms with van der Waals surface area (Å²) < 4.78 is 0.443. The molecule has 1 unspecified atom stereocenters. The second-order valence-corrected chi connectivity index (χ2v) is 4.66. The summed E-state index contributed by atoms with van der Waals surface area (Å²) in [6.45, 7) is 0. The van der Waals surface area contributed by atoms with Gasteiger partial charge in [0.05, 0.1) is 5.92 Å². The van der Waals surface area contributed by atoms with E-state index in [1.165, 1.54) is 0 Å². The second-order valence-electron chi connectivity index (χ2n) is 3.32. The maximum absolute atomic E-state index is 10.9. The molecule has 0 radical (unpaired) electrons. The van der Waals surface area contributed by atoms with Crippen molar-refractivity contribution in [1.82, 2.24) is 0 Å². The highest BCUT2D eigenvalue weighted by Gasteiger charge is 2.18. The topological polar surface area (TPSA) is 37.3 Å². The van der Waals surface area contributed by atoms with Gasteiger partial charge in [-0.2, -0.15) is 0 Å². The number of hydrogen-bond acceptors (Lipinski definition) is 2. The van der Waals surface area contributed by atoms with Crippen molar-refractivity contribution in [2.24, 2.45) is 5.92 Å². The van der Waals surface area contributed by atoms with Crippen molar-refractivity contribution >= 4 is 35.0 Å². The summed E-state index contributed by atoms with van der Waals surface area (Å²) in [5.74, 6) is -1.30. The predicted octanol–water partition coefficient (Wildman–Crippen LogP) is 2.58. The molecule has 0 saturated heterocycles. The van der Waals surface area contributed by atoms with E-state index in [9.17, 15) is 4.79 Å². The number of carboxylic acid groups (broad SMARTS) is 1. The molecule has 1 atom stereocenters. The Morgan fingerprint density at radius 2 is 2.00 bits per heavy atom. The van der Waals surface area contributed by atoms with Gasteiger partial charge in [-0.05, 0) is 12.0 Å². The van der Waals surface area contributed by atoms with Gasteiger partial charge in [-0.3, -0.25) is 4.79 Å². The number of carboxylic acids is 1. The van der Waals surface area contributed by atoms with Crippen LogP contribution in [0.3, 0.4) is 0 Å². The smallest absolute Gasteiger partial charge is 0.307 e. The average molecular weight is 240 g/mol. The molecule has 1 aromatic carbocycles. The molecular formula is C11H12O2S2. The molecular weight excluding hydrogens is 228 g/mol. The molecule has 0 fully saturated rings. The van der Waals surface area contributed by atoms with Crippen LogP contribution >= 0.6 is 24.8 Å². The van der Waals surface area contributed by atoms with Crippen LogP contribution in [0.4, 0.5) is 0 Å². The summed E-state index contributed by atoms with van der Waals surface area (Å²) in [7, 11) is 0. The fourth-order valence-corrected chi connectivity index (χ4v) is 1.78. The summed E-state index contributed by atoms with van der Waals surface area (Å²) in [5, 5.41) is 8.99. The van der Waals surface area contributed by atoms with Crippen LogP contribution in [0.15, 0.2) is 30.3 Å². The number of thiocarbonyl (C=S) groups is 1. The van der Waals surface area contributed by atoms with Crippen molar-refractivity contribution in [1.29, 1.82) is 0 Å². The largest absolute Gasteiger partial charge is 0.481 e. The van der Waals surface area contributed by atoms with Gasteiger partial charge in [0.15, 0.2) is 0 Å². The van der Waals surface area contributed by atoms with Crippen LogP contribution in [-0.4, -0.2) is 15.3 Å². The summed E-state index contributed by atoms with van der Waals surface area (Å²) in [6.07, 6.45) is 0.833. The molecule has 2 nitrogen and oxygen atoms in total. The van der Waals surface area contributed by atoms with Gasteiger partial charge >= 0.3 is 5.97 Å². The number of rotatable bonds is 5. The highest BCUT2D eigenvalue weighted by atomic mass is 32.1. The van der Waals surface area contributed by atoms with Crippen LogP contribution in [0.1, 0.15) is 12.0 Å². The van der Waals surface area contributed by atoms with Crippen LogP contribution in [0.5, 0.6) is 0 Å². The molecule has 15 heavy (non-hydrogen) atoms. The monoisotopic (exact) mass is 240 g/mol. The van der Waals surface area contributed by atoms with E-state index in [2.05, 4.69) is 12.6 Å². The van der Waals surface area contributed by atoms with Gasteiger partial charge < -0.3 is 5.11 Å². The molecule has 1 N–H and O–H groups in total. The SMILES string of the molecule is O=C(O)C(CC(=S)S)Cc1ccccc1. The molecule has 0 spiro atoms. The molecule has 1 rings (SSSR count). The van der Waals surface area contributed by atoms with E-state index < -0.39 is 11.9 Å². The van der Waals surface area contributed by atoms with Crippen LogP contribution in [-0.2, 0) is 11.2 Å². The Bertz CT molecular complexity index is 349. The first-order chi connectivity index (χ1) is 7.09. The number of benzene rings is 1. The molecule has 1 aromatic rings. The highest BCUT2D eigenvalue weighted by molar-refractivity contribution is 8.11. The van der Waals surface area contributed by atoms with E-state index in [0.717, 1.165) is 5.56 Å². The van der Waals surface area contributed by atoms with E-state index >= 15 is 0 Å². The molecule has 0 amide bonds. The third-order valence-corrected chi connectivity index (χ3v) is 2.44. The summed E-state index contributed by atoms with van der Waals surface area (Å²) in [5.41, 5.74) is 1.01. The zero-order chi connectivity index (χ0) is 11.3. The molecule has 0 saturated carbocycles. The van der Waals surface area contributed by atoms with Gasteiger partial charge in [-0.25, -0.2) is 0 Å². The number of carbonyl (C=O) groups is 1. The molecule has 4 heteroatoms. The minimum absolute atomic E-state index is 0.336. The number of hydrogen-bond donors (Lipinski definition) is 2. The maximum Gasteiger partial charge on any atom is 0.307 e. The molecule has 0 aromatic heterocycles. The molecule has 80 valence electrons. The van der Waals surface area contributed by atoms with Gasteiger partial charge in [0.1, 0.15) is 0 Å². The van der Waals surface area contributed by atoms with E-state index in [4.69, 9.17) is 17.3 Å². The van der Waals surface area contributed by atoms with Crippen molar-refractivity contribution in [3.05, 3.63) is 35.9 Å². The van der Waals surface area contributed by atoms with E-state index in [0.29, 0.717) is 17.0 Å². The molecule has 0 aliphatic rings. The lowest BCUT2D eigenvalue weighted by Gasteiger charge is -2.10. The third kappa shape index (κ3) is 4.44. The average Bonchev–Trinajstić information content (AvgIpc) is 2.17. The fourth-order valence-electron chi connectivity index (χ4n) is 1.36. The molecule has 0 aliphatic heterocycles. The van der Waals surface area contributed by atoms with Crippen molar-refractivity contribution in [2.75, 3.05) is 0 Å². The first-order valence-corrected chi connectivity index (χ1v) is 5.43. The first-order valence-electron chi connectivity index (χ1n) is 4.58. The predicted molar refractivity (Wildman–Crippen MR) is 67.5 cm³/mol. The standard InChI is InChI=1S/C11H12O2S2/c12-11(13)9(7-10(14)15)6-8-4-2-1-3-5-8/h1-5,9H,6-7H2,(H,12,13)(H,14,15). The number of aliphatic carboxylic acids is 1. The van der Waals surface area contributed by atoms with Crippen molar-refractivity contribution in [3.8, 4) is 0 Å². The Hall–Kier alpha value is -0.870. The Kier molecular flexibility index (Phi) is 4.78. The van der Waals surface area contributed by atoms with Crippen molar-refractivity contribution in [2.45, 2.75) is 12.8 Å². The lowest BCUT2D eigenvalue weighted by molar-refractivity contribution is -0.141. The Morgan fingerprint density at radius 3 is 2.47 bits per heavy atom. The molecule has 0 aliphatic carbocycles. The van der Waals surface area contributed by atoms with Crippen molar-refractivity contribution < 1.29 is 9.90 Å². The zero-order valence-electron chi connectivity index (χ0n) is 8.09. The minimum Gasteiger partial charge on any atom is -0.481 e. The number of thiol groups is 1. The minimum atomic E-state index is -0.824. The normalized spacial score (nSPS) is 12.1. The van der Waals surface area contributed by atoms with Gasteiger partial charge in [-0.15, -0.1) is 12.6 Å². The maximum atomic E-state index is 10.9. The fraction of sp³-hybridized carbons (Fsp3) is 0.273. The van der Waals surface area contributed by atoms with Crippen LogP contribution < -0.4 is 0 Å². The van der Waals surface area contributed by atoms with Crippen molar-refractivity contribution in [3.63, 3.8) is 0 Å². The Balaban J connectivity index is 2.67. The van der Waals surface area contributed by atoms with Crippen LogP contribution in [0.2, 0.25) is 0 Å². The van der Waals surface area contributed by atoms with E-state index in [1.807, 2.05) is 30.3 Å². The van der Waals surface area contributed by atoms with Crippen LogP contribution in [0.25, 0.3) is 0 Å². The van der Waals surface area contributed by atoms with E-state index in [1.54, 1.807) is 0 Å². The lowest BCUT2D eigenvalue weighted by Crippen LogP contribution is -2.18.